The summed E-state index contributed by atoms with van der Waals surface area (Å²) in [4.78, 5) is 9.36. The lowest BCUT2D eigenvalue weighted by Gasteiger charge is -2.14. The third-order valence-electron chi connectivity index (χ3n) is 4.30. The van der Waals surface area contributed by atoms with Crippen molar-refractivity contribution in [2.75, 3.05) is 6.54 Å². The van der Waals surface area contributed by atoms with Gasteiger partial charge in [-0.2, -0.15) is 0 Å². The number of para-hydroxylation sites is 1. The molecule has 5 heteroatoms. The molecule has 4 rings (SSSR count). The van der Waals surface area contributed by atoms with Crippen molar-refractivity contribution in [2.24, 2.45) is 4.99 Å². The topological polar surface area (TPSA) is 46.5 Å². The van der Waals surface area contributed by atoms with Crippen LogP contribution in [0.1, 0.15) is 24.8 Å². The van der Waals surface area contributed by atoms with Crippen molar-refractivity contribution in [3.05, 3.63) is 59.5 Å². The van der Waals surface area contributed by atoms with Gasteiger partial charge in [0.1, 0.15) is 17.3 Å². The monoisotopic (exact) mass is 363 g/mol. The normalized spacial score (nSPS) is 15.7. The second-order valence-corrected chi connectivity index (χ2v) is 7.21. The van der Waals surface area contributed by atoms with E-state index in [1.807, 2.05) is 53.9 Å². The molecule has 132 valence electrons. The lowest BCUT2D eigenvalue weighted by atomic mass is 10.1. The molecule has 1 fully saturated rings. The predicted molar refractivity (Wildman–Crippen MR) is 108 cm³/mol. The Hall–Kier alpha value is -2.66. The van der Waals surface area contributed by atoms with Gasteiger partial charge in [0.15, 0.2) is 0 Å². The minimum atomic E-state index is 0.787. The molecule has 4 nitrogen and oxygen atoms in total. The molecule has 1 aliphatic rings. The number of thiazole rings is 1. The minimum absolute atomic E-state index is 0.787. The second-order valence-electron chi connectivity index (χ2n) is 6.37. The number of amidine groups is 1. The molecule has 1 aliphatic heterocycles. The van der Waals surface area contributed by atoms with E-state index in [1.54, 1.807) is 11.3 Å². The molecule has 2 heterocycles. The van der Waals surface area contributed by atoms with Crippen LogP contribution in [0.2, 0.25) is 0 Å². The van der Waals surface area contributed by atoms with Gasteiger partial charge in [-0.15, -0.1) is 11.3 Å². The molecular weight excluding hydrogens is 342 g/mol. The molecule has 0 radical (unpaired) electrons. The van der Waals surface area contributed by atoms with Crippen molar-refractivity contribution in [3.8, 4) is 22.8 Å². The average Bonchev–Trinajstić information content (AvgIpc) is 3.13. The quantitative estimate of drug-likeness (QED) is 0.645. The van der Waals surface area contributed by atoms with E-state index < -0.39 is 0 Å². The number of nitrogens with zero attached hydrogens (tertiary/aromatic N) is 2. The number of hydrogen-bond donors (Lipinski definition) is 1. The van der Waals surface area contributed by atoms with Crippen molar-refractivity contribution in [3.63, 3.8) is 0 Å². The Morgan fingerprint density at radius 2 is 1.92 bits per heavy atom. The maximum absolute atomic E-state index is 6.09. The molecule has 1 N–H and O–H groups in total. The number of ether oxygens (including phenoxy) is 1. The molecule has 0 saturated carbocycles. The molecule has 0 spiro atoms. The van der Waals surface area contributed by atoms with Crippen LogP contribution in [0.3, 0.4) is 0 Å². The van der Waals surface area contributed by atoms with E-state index >= 15 is 0 Å². The Morgan fingerprint density at radius 3 is 2.73 bits per heavy atom. The number of hydrogen-bond acceptors (Lipinski definition) is 4. The van der Waals surface area contributed by atoms with Crippen molar-refractivity contribution < 1.29 is 4.74 Å². The highest BCUT2D eigenvalue weighted by atomic mass is 32.1. The number of piperidine rings is 1. The highest BCUT2D eigenvalue weighted by Crippen LogP contribution is 2.35. The highest BCUT2D eigenvalue weighted by Gasteiger charge is 2.12. The third kappa shape index (κ3) is 3.94. The molecule has 0 atom stereocenters. The van der Waals surface area contributed by atoms with E-state index in [1.165, 1.54) is 18.4 Å². The molecule has 0 bridgehead atoms. The van der Waals surface area contributed by atoms with E-state index in [2.05, 4.69) is 17.2 Å². The molecule has 0 aliphatic carbocycles. The van der Waals surface area contributed by atoms with Crippen LogP contribution in [0.5, 0.6) is 11.5 Å². The molecule has 3 aromatic rings. The summed E-state index contributed by atoms with van der Waals surface area (Å²) in [5, 5.41) is 6.18. The van der Waals surface area contributed by atoms with Crippen LogP contribution in [0.25, 0.3) is 11.3 Å². The zero-order valence-electron chi connectivity index (χ0n) is 14.7. The fourth-order valence-electron chi connectivity index (χ4n) is 2.89. The van der Waals surface area contributed by atoms with Gasteiger partial charge in [-0.05, 0) is 44.0 Å². The summed E-state index contributed by atoms with van der Waals surface area (Å²) in [7, 11) is 0. The van der Waals surface area contributed by atoms with Crippen LogP contribution in [-0.2, 0) is 0 Å². The number of benzene rings is 2. The smallest absolute Gasteiger partial charge is 0.211 e. The Morgan fingerprint density at radius 1 is 1.08 bits per heavy atom. The van der Waals surface area contributed by atoms with Gasteiger partial charge in [0.2, 0.25) is 5.13 Å². The molecule has 1 saturated heterocycles. The molecule has 26 heavy (non-hydrogen) atoms. The SMILES string of the molecule is Cc1ccc(Oc2ccccc2-c2csc(/N=C3/CCCCN3)n2)cc1. The maximum atomic E-state index is 6.09. The molecule has 2 aromatic carbocycles. The number of nitrogens with one attached hydrogen (secondary N) is 1. The van der Waals surface area contributed by atoms with Crippen LogP contribution in [-0.4, -0.2) is 17.4 Å². The summed E-state index contributed by atoms with van der Waals surface area (Å²) < 4.78 is 6.09. The first-order valence-electron chi connectivity index (χ1n) is 8.89. The first kappa shape index (κ1) is 16.8. The van der Waals surface area contributed by atoms with Gasteiger partial charge in [0.05, 0.1) is 5.69 Å². The van der Waals surface area contributed by atoms with Gasteiger partial charge in [-0.25, -0.2) is 9.98 Å². The van der Waals surface area contributed by atoms with Gasteiger partial charge in [-0.3, -0.25) is 0 Å². The largest absolute Gasteiger partial charge is 0.457 e. The zero-order valence-corrected chi connectivity index (χ0v) is 15.6. The van der Waals surface area contributed by atoms with Crippen molar-refractivity contribution in [1.29, 1.82) is 0 Å². The van der Waals surface area contributed by atoms with E-state index in [9.17, 15) is 0 Å². The fourth-order valence-corrected chi connectivity index (χ4v) is 3.60. The summed E-state index contributed by atoms with van der Waals surface area (Å²) in [6.07, 6.45) is 3.41. The third-order valence-corrected chi connectivity index (χ3v) is 5.04. The summed E-state index contributed by atoms with van der Waals surface area (Å²) >= 11 is 1.56. The number of aryl methyl sites for hydroxylation is 1. The Balaban J connectivity index is 1.59. The maximum Gasteiger partial charge on any atom is 0.211 e. The Kier molecular flexibility index (Phi) is 4.97. The number of aromatic nitrogens is 1. The van der Waals surface area contributed by atoms with Crippen LogP contribution in [0, 0.1) is 6.92 Å². The van der Waals surface area contributed by atoms with E-state index in [0.29, 0.717) is 0 Å². The van der Waals surface area contributed by atoms with Gasteiger partial charge >= 0.3 is 0 Å². The first-order valence-corrected chi connectivity index (χ1v) is 9.77. The minimum Gasteiger partial charge on any atom is -0.457 e. The van der Waals surface area contributed by atoms with Gasteiger partial charge in [0.25, 0.3) is 0 Å². The van der Waals surface area contributed by atoms with E-state index in [0.717, 1.165) is 46.7 Å². The zero-order chi connectivity index (χ0) is 17.8. The lowest BCUT2D eigenvalue weighted by Crippen LogP contribution is -2.28. The van der Waals surface area contributed by atoms with Crippen LogP contribution >= 0.6 is 11.3 Å². The van der Waals surface area contributed by atoms with Crippen LogP contribution in [0.15, 0.2) is 58.9 Å². The van der Waals surface area contributed by atoms with Crippen molar-refractivity contribution in [1.82, 2.24) is 10.3 Å². The first-order chi connectivity index (χ1) is 12.8. The molecule has 1 aromatic heterocycles. The molecule has 0 amide bonds. The summed E-state index contributed by atoms with van der Waals surface area (Å²) in [5.74, 6) is 2.67. The second kappa shape index (κ2) is 7.70. The summed E-state index contributed by atoms with van der Waals surface area (Å²) in [5.41, 5.74) is 3.09. The van der Waals surface area contributed by atoms with E-state index in [-0.39, 0.29) is 0 Å². The van der Waals surface area contributed by atoms with Crippen LogP contribution in [0.4, 0.5) is 5.13 Å². The van der Waals surface area contributed by atoms with Gasteiger partial charge in [-0.1, -0.05) is 29.8 Å². The number of rotatable bonds is 4. The fraction of sp³-hybridized carbons (Fsp3) is 0.238. The number of aliphatic imine (C=N–C) groups is 1. The van der Waals surface area contributed by atoms with E-state index in [4.69, 9.17) is 9.72 Å². The van der Waals surface area contributed by atoms with Crippen molar-refractivity contribution in [2.45, 2.75) is 26.2 Å². The summed E-state index contributed by atoms with van der Waals surface area (Å²) in [6, 6.07) is 16.1. The Labute approximate surface area is 157 Å². The van der Waals surface area contributed by atoms with Gasteiger partial charge in [0, 0.05) is 23.9 Å². The average molecular weight is 363 g/mol. The highest BCUT2D eigenvalue weighted by molar-refractivity contribution is 7.13. The summed E-state index contributed by atoms with van der Waals surface area (Å²) in [6.45, 7) is 3.07. The standard InChI is InChI=1S/C21H21N3OS/c1-15-9-11-16(12-10-15)25-19-7-3-2-6-17(19)18-14-26-21(23-18)24-20-8-4-5-13-22-20/h2-3,6-7,9-12,14H,4-5,8,13H2,1H3,(H,22,23,24). The van der Waals surface area contributed by atoms with Crippen LogP contribution < -0.4 is 10.1 Å². The predicted octanol–water partition coefficient (Wildman–Crippen LogP) is 5.71. The Bertz CT molecular complexity index is 907. The van der Waals surface area contributed by atoms with Gasteiger partial charge < -0.3 is 10.1 Å². The molecular formula is C21H21N3OS. The van der Waals surface area contributed by atoms with Crippen molar-refractivity contribution >= 4 is 22.3 Å². The molecule has 0 unspecified atom stereocenters. The lowest BCUT2D eigenvalue weighted by molar-refractivity contribution is 0.484.